The van der Waals surface area contributed by atoms with Crippen molar-refractivity contribution in [1.29, 1.82) is 0 Å². The molecule has 0 fully saturated rings. The second-order valence-electron chi connectivity index (χ2n) is 5.89. The summed E-state index contributed by atoms with van der Waals surface area (Å²) >= 11 is 5.98. The summed E-state index contributed by atoms with van der Waals surface area (Å²) in [5.41, 5.74) is 3.02. The highest BCUT2D eigenvalue weighted by Crippen LogP contribution is 2.19. The molecule has 0 aliphatic heterocycles. The maximum atomic E-state index is 12.1. The number of furan rings is 1. The zero-order valence-electron chi connectivity index (χ0n) is 13.9. The lowest BCUT2D eigenvalue weighted by Gasteiger charge is -2.10. The van der Waals surface area contributed by atoms with Crippen LogP contribution >= 0.6 is 11.6 Å². The van der Waals surface area contributed by atoms with Crippen LogP contribution < -0.4 is 5.32 Å². The number of carbonyl (C=O) groups excluding carboxylic acids is 1. The third kappa shape index (κ3) is 3.34. The normalized spacial score (nSPS) is 11.0. The van der Waals surface area contributed by atoms with Gasteiger partial charge < -0.3 is 14.3 Å². The monoisotopic (exact) mass is 365 g/mol. The summed E-state index contributed by atoms with van der Waals surface area (Å²) in [5.74, 6) is 0.798. The molecule has 0 aliphatic rings. The average Bonchev–Trinajstić information content (AvgIpc) is 3.30. The first-order valence-electron chi connectivity index (χ1n) is 8.21. The van der Waals surface area contributed by atoms with Crippen LogP contribution in [0.15, 0.2) is 71.3 Å². The van der Waals surface area contributed by atoms with E-state index in [1.54, 1.807) is 12.1 Å². The first-order chi connectivity index (χ1) is 12.7. The van der Waals surface area contributed by atoms with E-state index in [-0.39, 0.29) is 11.7 Å². The number of nitrogens with zero attached hydrogens (tertiary/aromatic N) is 2. The van der Waals surface area contributed by atoms with Crippen LogP contribution in [0.4, 0.5) is 0 Å². The van der Waals surface area contributed by atoms with Crippen LogP contribution in [0.2, 0.25) is 5.02 Å². The van der Waals surface area contributed by atoms with E-state index in [0.717, 1.165) is 22.4 Å². The number of halogens is 1. The molecule has 0 bridgehead atoms. The summed E-state index contributed by atoms with van der Waals surface area (Å²) in [6.07, 6.45) is 1.48. The summed E-state index contributed by atoms with van der Waals surface area (Å²) in [4.78, 5) is 16.8. The van der Waals surface area contributed by atoms with Crippen LogP contribution in [0.3, 0.4) is 0 Å². The number of nitrogens with one attached hydrogen (secondary N) is 1. The first-order valence-corrected chi connectivity index (χ1v) is 8.59. The van der Waals surface area contributed by atoms with Crippen molar-refractivity contribution in [2.45, 2.75) is 13.1 Å². The van der Waals surface area contributed by atoms with E-state index in [2.05, 4.69) is 14.9 Å². The number of hydrogen-bond acceptors (Lipinski definition) is 3. The fraction of sp³-hybridized carbons (Fsp3) is 0.100. The van der Waals surface area contributed by atoms with Gasteiger partial charge in [0.2, 0.25) is 0 Å². The van der Waals surface area contributed by atoms with Gasteiger partial charge in [0.15, 0.2) is 5.76 Å². The van der Waals surface area contributed by atoms with E-state index in [0.29, 0.717) is 18.1 Å². The van der Waals surface area contributed by atoms with Crippen molar-refractivity contribution in [2.75, 3.05) is 0 Å². The van der Waals surface area contributed by atoms with Gasteiger partial charge in [-0.2, -0.15) is 0 Å². The zero-order chi connectivity index (χ0) is 17.9. The molecule has 2 aromatic heterocycles. The van der Waals surface area contributed by atoms with E-state index in [1.165, 1.54) is 6.26 Å². The second kappa shape index (κ2) is 7.06. The molecule has 0 saturated heterocycles. The van der Waals surface area contributed by atoms with Gasteiger partial charge in [-0.1, -0.05) is 35.9 Å². The summed E-state index contributed by atoms with van der Waals surface area (Å²) in [7, 11) is 0. The third-order valence-corrected chi connectivity index (χ3v) is 4.39. The van der Waals surface area contributed by atoms with Gasteiger partial charge in [-0.05, 0) is 42.0 Å². The predicted octanol–water partition coefficient (Wildman–Crippen LogP) is 4.26. The molecule has 6 heteroatoms. The highest BCUT2D eigenvalue weighted by molar-refractivity contribution is 6.30. The van der Waals surface area contributed by atoms with Crippen LogP contribution in [0.5, 0.6) is 0 Å². The van der Waals surface area contributed by atoms with Crippen LogP contribution in [0, 0.1) is 0 Å². The molecule has 0 saturated carbocycles. The van der Waals surface area contributed by atoms with Gasteiger partial charge in [0.1, 0.15) is 5.82 Å². The first kappa shape index (κ1) is 16.4. The van der Waals surface area contributed by atoms with E-state index in [1.807, 2.05) is 48.5 Å². The van der Waals surface area contributed by atoms with Crippen molar-refractivity contribution in [3.05, 3.63) is 89.1 Å². The van der Waals surface area contributed by atoms with Gasteiger partial charge in [0.25, 0.3) is 5.91 Å². The Hall–Kier alpha value is -3.05. The molecule has 26 heavy (non-hydrogen) atoms. The fourth-order valence-corrected chi connectivity index (χ4v) is 2.99. The molecule has 4 aromatic rings. The minimum atomic E-state index is -0.264. The summed E-state index contributed by atoms with van der Waals surface area (Å²) in [6.45, 7) is 0.950. The van der Waals surface area contributed by atoms with Gasteiger partial charge in [0.05, 0.1) is 23.8 Å². The molecule has 0 aliphatic carbocycles. The van der Waals surface area contributed by atoms with Gasteiger partial charge in [-0.25, -0.2) is 4.98 Å². The molecule has 0 spiro atoms. The molecule has 1 amide bonds. The van der Waals surface area contributed by atoms with Crippen LogP contribution in [0.25, 0.3) is 11.0 Å². The molecule has 5 nitrogen and oxygen atoms in total. The maximum Gasteiger partial charge on any atom is 0.287 e. The SMILES string of the molecule is O=C(NCc1nc2ccccc2n1Cc1ccc(Cl)cc1)c1ccco1. The molecule has 0 unspecified atom stereocenters. The summed E-state index contributed by atoms with van der Waals surface area (Å²) < 4.78 is 7.23. The van der Waals surface area contributed by atoms with E-state index in [9.17, 15) is 4.79 Å². The lowest BCUT2D eigenvalue weighted by molar-refractivity contribution is 0.0922. The van der Waals surface area contributed by atoms with Crippen molar-refractivity contribution in [3.8, 4) is 0 Å². The summed E-state index contributed by atoms with van der Waals surface area (Å²) in [6, 6.07) is 19.0. The highest BCUT2D eigenvalue weighted by atomic mass is 35.5. The van der Waals surface area contributed by atoms with Gasteiger partial charge in [0, 0.05) is 11.6 Å². The van der Waals surface area contributed by atoms with Crippen LogP contribution in [-0.4, -0.2) is 15.5 Å². The van der Waals surface area contributed by atoms with Crippen molar-refractivity contribution in [1.82, 2.24) is 14.9 Å². The molecule has 130 valence electrons. The minimum absolute atomic E-state index is 0.264. The van der Waals surface area contributed by atoms with E-state index in [4.69, 9.17) is 16.0 Å². The van der Waals surface area contributed by atoms with Gasteiger partial charge >= 0.3 is 0 Å². The number of para-hydroxylation sites is 2. The third-order valence-electron chi connectivity index (χ3n) is 4.14. The molecular formula is C20H16ClN3O2. The number of hydrogen-bond donors (Lipinski definition) is 1. The Morgan fingerprint density at radius 3 is 2.65 bits per heavy atom. The van der Waals surface area contributed by atoms with E-state index >= 15 is 0 Å². The van der Waals surface area contributed by atoms with Crippen molar-refractivity contribution >= 4 is 28.5 Å². The van der Waals surface area contributed by atoms with E-state index < -0.39 is 0 Å². The summed E-state index contributed by atoms with van der Waals surface area (Å²) in [5, 5.41) is 3.56. The quantitative estimate of drug-likeness (QED) is 0.574. The minimum Gasteiger partial charge on any atom is -0.459 e. The molecule has 4 rings (SSSR count). The maximum absolute atomic E-state index is 12.1. The Morgan fingerprint density at radius 2 is 1.88 bits per heavy atom. The fourth-order valence-electron chi connectivity index (χ4n) is 2.86. The van der Waals surface area contributed by atoms with Gasteiger partial charge in [-0.15, -0.1) is 0 Å². The van der Waals surface area contributed by atoms with Crippen molar-refractivity contribution in [3.63, 3.8) is 0 Å². The Kier molecular flexibility index (Phi) is 4.46. The van der Waals surface area contributed by atoms with Crippen molar-refractivity contribution in [2.24, 2.45) is 0 Å². The average molecular weight is 366 g/mol. The number of rotatable bonds is 5. The number of aromatic nitrogens is 2. The molecule has 1 N–H and O–H groups in total. The number of imidazole rings is 1. The molecule has 2 heterocycles. The lowest BCUT2D eigenvalue weighted by atomic mass is 10.2. The van der Waals surface area contributed by atoms with Crippen molar-refractivity contribution < 1.29 is 9.21 Å². The highest BCUT2D eigenvalue weighted by Gasteiger charge is 2.14. The number of benzene rings is 2. The Balaban J connectivity index is 1.63. The Labute approximate surface area is 155 Å². The molecule has 2 aromatic carbocycles. The smallest absolute Gasteiger partial charge is 0.287 e. The van der Waals surface area contributed by atoms with Crippen LogP contribution in [0.1, 0.15) is 21.9 Å². The number of amides is 1. The topological polar surface area (TPSA) is 60.1 Å². The second-order valence-corrected chi connectivity index (χ2v) is 6.33. The Morgan fingerprint density at radius 1 is 1.08 bits per heavy atom. The van der Waals surface area contributed by atoms with Gasteiger partial charge in [-0.3, -0.25) is 4.79 Å². The number of carbonyl (C=O) groups is 1. The predicted molar refractivity (Wildman–Crippen MR) is 100 cm³/mol. The number of fused-ring (bicyclic) bond motifs is 1. The van der Waals surface area contributed by atoms with Crippen LogP contribution in [-0.2, 0) is 13.1 Å². The molecular weight excluding hydrogens is 350 g/mol. The lowest BCUT2D eigenvalue weighted by Crippen LogP contribution is -2.24. The zero-order valence-corrected chi connectivity index (χ0v) is 14.6. The Bertz CT molecular complexity index is 1040. The molecule has 0 atom stereocenters. The largest absolute Gasteiger partial charge is 0.459 e. The molecule has 0 radical (unpaired) electrons. The standard InChI is InChI=1S/C20H16ClN3O2/c21-15-9-7-14(8-10-15)13-24-17-5-2-1-4-16(17)23-19(24)12-22-20(25)18-6-3-11-26-18/h1-11H,12-13H2,(H,22,25).